The van der Waals surface area contributed by atoms with E-state index in [-0.39, 0.29) is 10.0 Å². The van der Waals surface area contributed by atoms with Crippen LogP contribution >= 0.6 is 11.3 Å². The molecule has 9 heteroatoms. The maximum Gasteiger partial charge on any atom is 0.263 e. The third-order valence-corrected chi connectivity index (χ3v) is 6.42. The Balaban J connectivity index is 1.84. The highest BCUT2D eigenvalue weighted by molar-refractivity contribution is 7.93. The molecule has 7 nitrogen and oxygen atoms in total. The predicted molar refractivity (Wildman–Crippen MR) is 94.8 cm³/mol. The van der Waals surface area contributed by atoms with Gasteiger partial charge >= 0.3 is 0 Å². The third kappa shape index (κ3) is 3.58. The van der Waals surface area contributed by atoms with Crippen molar-refractivity contribution in [3.05, 3.63) is 29.3 Å². The molecule has 0 atom stereocenters. The number of hydrogen-bond donors (Lipinski definition) is 2. The Kier molecular flexibility index (Phi) is 4.90. The van der Waals surface area contributed by atoms with Gasteiger partial charge in [0.2, 0.25) is 0 Å². The molecule has 1 aliphatic heterocycles. The van der Waals surface area contributed by atoms with Gasteiger partial charge in [-0.3, -0.25) is 4.72 Å². The molecule has 2 heterocycles. The van der Waals surface area contributed by atoms with Crippen molar-refractivity contribution in [2.45, 2.75) is 37.2 Å². The van der Waals surface area contributed by atoms with E-state index in [1.807, 2.05) is 13.8 Å². The average molecular weight is 384 g/mol. The number of aromatic nitrogens is 1. The van der Waals surface area contributed by atoms with Gasteiger partial charge < -0.3 is 14.6 Å². The molecule has 0 unspecified atom stereocenters. The van der Waals surface area contributed by atoms with Gasteiger partial charge in [-0.05, 0) is 25.0 Å². The van der Waals surface area contributed by atoms with Gasteiger partial charge in [-0.15, -0.1) is 11.3 Å². The minimum atomic E-state index is -3.81. The van der Waals surface area contributed by atoms with Gasteiger partial charge in [-0.2, -0.15) is 0 Å². The van der Waals surface area contributed by atoms with Crippen molar-refractivity contribution in [1.82, 2.24) is 4.98 Å². The minimum Gasteiger partial charge on any atom is -0.486 e. The molecule has 1 aromatic carbocycles. The Hall–Kier alpha value is -1.84. The van der Waals surface area contributed by atoms with E-state index in [1.54, 1.807) is 11.4 Å². The predicted octanol–water partition coefficient (Wildman–Crippen LogP) is 2.72. The van der Waals surface area contributed by atoms with E-state index in [2.05, 4.69) is 9.71 Å². The number of rotatable bonds is 6. The first-order valence-electron chi connectivity index (χ1n) is 7.99. The highest BCUT2D eigenvalue weighted by Crippen LogP contribution is 2.34. The summed E-state index contributed by atoms with van der Waals surface area (Å²) in [5.41, 5.74) is -0.570. The monoisotopic (exact) mass is 384 g/mol. The number of fused-ring (bicyclic) bond motifs is 1. The third-order valence-electron chi connectivity index (χ3n) is 4.20. The molecule has 1 aromatic heterocycles. The lowest BCUT2D eigenvalue weighted by molar-refractivity contribution is 0.0247. The summed E-state index contributed by atoms with van der Waals surface area (Å²) in [6.45, 7) is 4.55. The number of ether oxygens (including phenoxy) is 2. The van der Waals surface area contributed by atoms with Gasteiger partial charge in [0, 0.05) is 11.4 Å². The van der Waals surface area contributed by atoms with Crippen molar-refractivity contribution in [1.29, 1.82) is 0 Å². The molecule has 3 rings (SSSR count). The topological polar surface area (TPSA) is 97.8 Å². The standard InChI is InChI=1S/C16H20N2O5S2/c1-3-16(19,4-2)14-10-24-15(17-14)18-25(20,21)11-5-6-12-13(9-11)23-8-7-22-12/h5-6,9-10,19H,3-4,7-8H2,1-2H3,(H,17,18). The number of nitrogens with one attached hydrogen (secondary N) is 1. The number of hydrogen-bond acceptors (Lipinski definition) is 7. The second-order valence-electron chi connectivity index (χ2n) is 5.69. The van der Waals surface area contributed by atoms with Crippen LogP contribution in [0.3, 0.4) is 0 Å². The van der Waals surface area contributed by atoms with E-state index in [0.29, 0.717) is 43.2 Å². The summed E-state index contributed by atoms with van der Waals surface area (Å²) in [5, 5.41) is 12.4. The highest BCUT2D eigenvalue weighted by atomic mass is 32.2. The minimum absolute atomic E-state index is 0.0646. The molecule has 2 N–H and O–H groups in total. The van der Waals surface area contributed by atoms with E-state index >= 15 is 0 Å². The summed E-state index contributed by atoms with van der Waals surface area (Å²) in [6.07, 6.45) is 1.00. The molecule has 1 aliphatic rings. The van der Waals surface area contributed by atoms with Crippen LogP contribution in [0.4, 0.5) is 5.13 Å². The van der Waals surface area contributed by atoms with Gasteiger partial charge in [0.05, 0.1) is 10.6 Å². The van der Waals surface area contributed by atoms with Crippen LogP contribution < -0.4 is 14.2 Å². The number of benzene rings is 1. The molecule has 0 saturated carbocycles. The molecule has 136 valence electrons. The average Bonchev–Trinajstić information content (AvgIpc) is 3.09. The Morgan fingerprint density at radius 3 is 2.60 bits per heavy atom. The zero-order valence-corrected chi connectivity index (χ0v) is 15.6. The van der Waals surface area contributed by atoms with E-state index in [4.69, 9.17) is 9.47 Å². The zero-order chi connectivity index (χ0) is 18.1. The van der Waals surface area contributed by atoms with Gasteiger partial charge in [-0.25, -0.2) is 13.4 Å². The van der Waals surface area contributed by atoms with Gasteiger partial charge in [0.25, 0.3) is 10.0 Å². The van der Waals surface area contributed by atoms with Crippen molar-refractivity contribution in [2.24, 2.45) is 0 Å². The largest absolute Gasteiger partial charge is 0.486 e. The fourth-order valence-electron chi connectivity index (χ4n) is 2.51. The number of aliphatic hydroxyl groups is 1. The first kappa shape index (κ1) is 18.0. The van der Waals surface area contributed by atoms with Crippen LogP contribution in [0.15, 0.2) is 28.5 Å². The number of thiazole rings is 1. The second-order valence-corrected chi connectivity index (χ2v) is 8.23. The molecule has 25 heavy (non-hydrogen) atoms. The molecule has 0 spiro atoms. The quantitative estimate of drug-likeness (QED) is 0.795. The summed E-state index contributed by atoms with van der Waals surface area (Å²) in [4.78, 5) is 4.31. The van der Waals surface area contributed by atoms with Crippen LogP contribution in [0, 0.1) is 0 Å². The molecule has 0 radical (unpaired) electrons. The summed E-state index contributed by atoms with van der Waals surface area (Å²) < 4.78 is 38.4. The summed E-state index contributed by atoms with van der Waals surface area (Å²) >= 11 is 1.14. The van der Waals surface area contributed by atoms with Crippen molar-refractivity contribution < 1.29 is 23.0 Å². The van der Waals surface area contributed by atoms with Crippen molar-refractivity contribution in [3.63, 3.8) is 0 Å². The van der Waals surface area contributed by atoms with Crippen molar-refractivity contribution in [2.75, 3.05) is 17.9 Å². The van der Waals surface area contributed by atoms with Gasteiger partial charge in [-0.1, -0.05) is 13.8 Å². The van der Waals surface area contributed by atoms with Crippen LogP contribution in [-0.2, 0) is 15.6 Å². The van der Waals surface area contributed by atoms with Gasteiger partial charge in [0.1, 0.15) is 18.8 Å². The van der Waals surface area contributed by atoms with E-state index in [9.17, 15) is 13.5 Å². The molecule has 2 aromatic rings. The Labute approximate surface area is 150 Å². The zero-order valence-electron chi connectivity index (χ0n) is 14.0. The fourth-order valence-corrected chi connectivity index (χ4v) is 4.58. The molecular weight excluding hydrogens is 364 g/mol. The Bertz CT molecular complexity index is 859. The van der Waals surface area contributed by atoms with Crippen molar-refractivity contribution in [3.8, 4) is 11.5 Å². The van der Waals surface area contributed by atoms with Crippen LogP contribution in [0.5, 0.6) is 11.5 Å². The Morgan fingerprint density at radius 1 is 1.24 bits per heavy atom. The summed E-state index contributed by atoms with van der Waals surface area (Å²) in [6, 6.07) is 4.46. The number of anilines is 1. The normalized spacial score (nSPS) is 14.4. The maximum atomic E-state index is 12.6. The molecule has 0 amide bonds. The number of sulfonamides is 1. The van der Waals surface area contributed by atoms with Crippen LogP contribution in [0.1, 0.15) is 32.4 Å². The van der Waals surface area contributed by atoms with Crippen LogP contribution in [0.2, 0.25) is 0 Å². The smallest absolute Gasteiger partial charge is 0.263 e. The van der Waals surface area contributed by atoms with Crippen LogP contribution in [0.25, 0.3) is 0 Å². The molecular formula is C16H20N2O5S2. The second kappa shape index (κ2) is 6.81. The SMILES string of the molecule is CCC(O)(CC)c1csc(NS(=O)(=O)c2ccc3c(c2)OCCO3)n1. The first-order valence-corrected chi connectivity index (χ1v) is 10.3. The maximum absolute atomic E-state index is 12.6. The highest BCUT2D eigenvalue weighted by Gasteiger charge is 2.29. The lowest BCUT2D eigenvalue weighted by atomic mass is 9.94. The lowest BCUT2D eigenvalue weighted by Crippen LogP contribution is -2.24. The number of nitrogens with zero attached hydrogens (tertiary/aromatic N) is 1. The molecule has 0 bridgehead atoms. The van der Waals surface area contributed by atoms with E-state index < -0.39 is 15.6 Å². The molecule has 0 aliphatic carbocycles. The van der Waals surface area contributed by atoms with E-state index in [0.717, 1.165) is 11.3 Å². The molecule has 0 fully saturated rings. The summed E-state index contributed by atoms with van der Waals surface area (Å²) in [7, 11) is -3.81. The van der Waals surface area contributed by atoms with Gasteiger partial charge in [0.15, 0.2) is 16.6 Å². The Morgan fingerprint density at radius 2 is 1.92 bits per heavy atom. The van der Waals surface area contributed by atoms with Crippen LogP contribution in [-0.4, -0.2) is 31.7 Å². The first-order chi connectivity index (χ1) is 11.9. The summed E-state index contributed by atoms with van der Waals surface area (Å²) in [5.74, 6) is 0.929. The lowest BCUT2D eigenvalue weighted by Gasteiger charge is -2.22. The van der Waals surface area contributed by atoms with Crippen molar-refractivity contribution >= 4 is 26.5 Å². The molecule has 0 saturated heterocycles. The van der Waals surface area contributed by atoms with E-state index in [1.165, 1.54) is 12.1 Å². The fraction of sp³-hybridized carbons (Fsp3) is 0.438.